The number of aromatic nitrogens is 1. The molecular formula is C16H16N2S. The van der Waals surface area contributed by atoms with Gasteiger partial charge in [0, 0.05) is 16.0 Å². The lowest BCUT2D eigenvalue weighted by Gasteiger charge is -2.19. The predicted octanol–water partition coefficient (Wildman–Crippen LogP) is 4.40. The van der Waals surface area contributed by atoms with Crippen LogP contribution in [-0.2, 0) is 5.41 Å². The van der Waals surface area contributed by atoms with Gasteiger partial charge in [-0.25, -0.2) is 4.98 Å². The molecule has 1 aromatic heterocycles. The van der Waals surface area contributed by atoms with Crippen LogP contribution in [-0.4, -0.2) is 4.98 Å². The molecular weight excluding hydrogens is 252 g/mol. The molecule has 0 saturated carbocycles. The van der Waals surface area contributed by atoms with Crippen LogP contribution in [0.25, 0.3) is 0 Å². The van der Waals surface area contributed by atoms with Crippen LogP contribution in [0.15, 0.2) is 52.4 Å². The number of hydrogen-bond acceptors (Lipinski definition) is 3. The highest BCUT2D eigenvalue weighted by molar-refractivity contribution is 7.99. The Morgan fingerprint density at radius 2 is 1.79 bits per heavy atom. The summed E-state index contributed by atoms with van der Waals surface area (Å²) in [6.07, 6.45) is 1.64. The van der Waals surface area contributed by atoms with Gasteiger partial charge in [0.25, 0.3) is 0 Å². The summed E-state index contributed by atoms with van der Waals surface area (Å²) >= 11 is 1.57. The molecule has 0 aliphatic carbocycles. The highest BCUT2D eigenvalue weighted by Crippen LogP contribution is 2.31. The van der Waals surface area contributed by atoms with Crippen LogP contribution in [0.3, 0.4) is 0 Å². The number of nitrogens with zero attached hydrogens (tertiary/aromatic N) is 2. The van der Waals surface area contributed by atoms with Crippen LogP contribution in [0.4, 0.5) is 0 Å². The number of hydrogen-bond donors (Lipinski definition) is 0. The molecule has 3 heteroatoms. The zero-order valence-corrected chi connectivity index (χ0v) is 12.2. The van der Waals surface area contributed by atoms with Crippen molar-refractivity contribution >= 4 is 11.8 Å². The lowest BCUT2D eigenvalue weighted by Crippen LogP contribution is -2.10. The Morgan fingerprint density at radius 1 is 1.11 bits per heavy atom. The average Bonchev–Trinajstić information content (AvgIpc) is 2.39. The zero-order chi connectivity index (χ0) is 13.9. The summed E-state index contributed by atoms with van der Waals surface area (Å²) in [6, 6.07) is 14.4. The van der Waals surface area contributed by atoms with Crippen LogP contribution in [0.2, 0.25) is 0 Å². The van der Waals surface area contributed by atoms with E-state index in [0.717, 1.165) is 9.79 Å². The van der Waals surface area contributed by atoms with E-state index < -0.39 is 0 Å². The molecule has 0 aliphatic rings. The van der Waals surface area contributed by atoms with E-state index in [0.29, 0.717) is 5.69 Å². The van der Waals surface area contributed by atoms with Crippen molar-refractivity contribution in [2.75, 3.05) is 0 Å². The summed E-state index contributed by atoms with van der Waals surface area (Å²) in [5.74, 6) is 0. The summed E-state index contributed by atoms with van der Waals surface area (Å²) in [5.41, 5.74) is 1.95. The Morgan fingerprint density at radius 3 is 2.37 bits per heavy atom. The minimum atomic E-state index is 0.162. The van der Waals surface area contributed by atoms with Gasteiger partial charge >= 0.3 is 0 Å². The van der Waals surface area contributed by atoms with Crippen molar-refractivity contribution in [3.05, 3.63) is 53.9 Å². The van der Waals surface area contributed by atoms with Crippen molar-refractivity contribution in [2.24, 2.45) is 0 Å². The Labute approximate surface area is 118 Å². The zero-order valence-electron chi connectivity index (χ0n) is 11.3. The lowest BCUT2D eigenvalue weighted by atomic mass is 9.87. The molecule has 0 bridgehead atoms. The molecule has 96 valence electrons. The second-order valence-corrected chi connectivity index (χ2v) is 6.45. The number of pyridine rings is 1. The van der Waals surface area contributed by atoms with E-state index in [1.54, 1.807) is 18.0 Å². The maximum atomic E-state index is 9.02. The van der Waals surface area contributed by atoms with Gasteiger partial charge in [-0.05, 0) is 35.2 Å². The van der Waals surface area contributed by atoms with E-state index in [4.69, 9.17) is 5.26 Å². The SMILES string of the molecule is CC(C)(C)c1ccc(Sc2cccnc2C#N)cc1. The standard InChI is InChI=1S/C16H16N2S/c1-16(2,3)12-6-8-13(9-7-12)19-15-5-4-10-18-14(15)11-17/h4-10H,1-3H3. The van der Waals surface area contributed by atoms with Gasteiger partial charge in [-0.3, -0.25) is 0 Å². The van der Waals surface area contributed by atoms with Crippen molar-refractivity contribution in [3.63, 3.8) is 0 Å². The van der Waals surface area contributed by atoms with Crippen LogP contribution >= 0.6 is 11.8 Å². The van der Waals surface area contributed by atoms with Gasteiger partial charge < -0.3 is 0 Å². The van der Waals surface area contributed by atoms with E-state index in [1.165, 1.54) is 5.56 Å². The van der Waals surface area contributed by atoms with Crippen LogP contribution in [0.5, 0.6) is 0 Å². The summed E-state index contributed by atoms with van der Waals surface area (Å²) in [7, 11) is 0. The molecule has 2 nitrogen and oxygen atoms in total. The first kappa shape index (κ1) is 13.6. The molecule has 0 saturated heterocycles. The smallest absolute Gasteiger partial charge is 0.154 e. The van der Waals surface area contributed by atoms with Gasteiger partial charge in [-0.2, -0.15) is 5.26 Å². The average molecular weight is 268 g/mol. The largest absolute Gasteiger partial charge is 0.244 e. The van der Waals surface area contributed by atoms with E-state index in [2.05, 4.69) is 56.1 Å². The molecule has 2 rings (SSSR count). The normalized spacial score (nSPS) is 11.1. The van der Waals surface area contributed by atoms with E-state index in [1.807, 2.05) is 12.1 Å². The van der Waals surface area contributed by atoms with E-state index >= 15 is 0 Å². The van der Waals surface area contributed by atoms with Gasteiger partial charge in [0.15, 0.2) is 5.69 Å². The molecule has 0 fully saturated rings. The molecule has 0 radical (unpaired) electrons. The first-order valence-corrected chi connectivity index (χ1v) is 6.96. The third-order valence-electron chi connectivity index (χ3n) is 2.82. The lowest BCUT2D eigenvalue weighted by molar-refractivity contribution is 0.590. The third-order valence-corrected chi connectivity index (χ3v) is 3.88. The first-order chi connectivity index (χ1) is 9.00. The minimum Gasteiger partial charge on any atom is -0.244 e. The molecule has 0 spiro atoms. The Hall–Kier alpha value is -1.79. The molecule has 0 amide bonds. The van der Waals surface area contributed by atoms with Crippen molar-refractivity contribution in [2.45, 2.75) is 36.0 Å². The van der Waals surface area contributed by atoms with Gasteiger partial charge in [-0.15, -0.1) is 0 Å². The monoisotopic (exact) mass is 268 g/mol. The van der Waals surface area contributed by atoms with E-state index in [9.17, 15) is 0 Å². The molecule has 2 aromatic rings. The number of benzene rings is 1. The van der Waals surface area contributed by atoms with Gasteiger partial charge in [0.1, 0.15) is 6.07 Å². The maximum Gasteiger partial charge on any atom is 0.154 e. The Kier molecular flexibility index (Phi) is 3.92. The fourth-order valence-corrected chi connectivity index (χ4v) is 2.57. The van der Waals surface area contributed by atoms with Crippen molar-refractivity contribution in [3.8, 4) is 6.07 Å². The highest BCUT2D eigenvalue weighted by atomic mass is 32.2. The molecule has 0 aliphatic heterocycles. The Balaban J connectivity index is 2.23. The molecule has 0 N–H and O–H groups in total. The fourth-order valence-electron chi connectivity index (χ4n) is 1.71. The van der Waals surface area contributed by atoms with Crippen LogP contribution in [0, 0.1) is 11.3 Å². The second-order valence-electron chi connectivity index (χ2n) is 5.34. The highest BCUT2D eigenvalue weighted by Gasteiger charge is 2.13. The fraction of sp³-hybridized carbons (Fsp3) is 0.250. The number of nitriles is 1. The molecule has 1 aromatic carbocycles. The summed E-state index contributed by atoms with van der Waals surface area (Å²) in [6.45, 7) is 6.60. The van der Waals surface area contributed by atoms with Crippen LogP contribution < -0.4 is 0 Å². The second kappa shape index (κ2) is 5.46. The molecule has 1 heterocycles. The third kappa shape index (κ3) is 3.36. The van der Waals surface area contributed by atoms with E-state index in [-0.39, 0.29) is 5.41 Å². The summed E-state index contributed by atoms with van der Waals surface area (Å²) < 4.78 is 0. The van der Waals surface area contributed by atoms with Gasteiger partial charge in [-0.1, -0.05) is 44.7 Å². The summed E-state index contributed by atoms with van der Waals surface area (Å²) in [4.78, 5) is 6.09. The maximum absolute atomic E-state index is 9.02. The van der Waals surface area contributed by atoms with Crippen molar-refractivity contribution in [1.82, 2.24) is 4.98 Å². The van der Waals surface area contributed by atoms with Gasteiger partial charge in [0.2, 0.25) is 0 Å². The topological polar surface area (TPSA) is 36.7 Å². The molecule has 0 unspecified atom stereocenters. The van der Waals surface area contributed by atoms with Crippen molar-refractivity contribution < 1.29 is 0 Å². The van der Waals surface area contributed by atoms with Crippen molar-refractivity contribution in [1.29, 1.82) is 5.26 Å². The summed E-state index contributed by atoms with van der Waals surface area (Å²) in [5, 5.41) is 9.02. The minimum absolute atomic E-state index is 0.162. The quantitative estimate of drug-likeness (QED) is 0.810. The molecule has 0 atom stereocenters. The molecule has 19 heavy (non-hydrogen) atoms. The Bertz CT molecular complexity index is 604. The predicted molar refractivity (Wildman–Crippen MR) is 78.2 cm³/mol. The number of rotatable bonds is 2. The first-order valence-electron chi connectivity index (χ1n) is 6.14. The van der Waals surface area contributed by atoms with Crippen LogP contribution in [0.1, 0.15) is 32.0 Å². The van der Waals surface area contributed by atoms with Gasteiger partial charge in [0.05, 0.1) is 0 Å².